The van der Waals surface area contributed by atoms with Gasteiger partial charge < -0.3 is 4.67 Å². The molecular formula is C12H14NOP. The topological polar surface area (TPSA) is 20.3 Å². The lowest BCUT2D eigenvalue weighted by Gasteiger charge is -2.10. The van der Waals surface area contributed by atoms with E-state index in [4.69, 9.17) is 0 Å². The van der Waals surface area contributed by atoms with Gasteiger partial charge in [0.1, 0.15) is 0 Å². The van der Waals surface area contributed by atoms with Crippen LogP contribution in [0.25, 0.3) is 6.08 Å². The molecule has 0 aliphatic carbocycles. The summed E-state index contributed by atoms with van der Waals surface area (Å²) >= 11 is 0. The molecule has 0 saturated heterocycles. The maximum Gasteiger partial charge on any atom is 0.249 e. The van der Waals surface area contributed by atoms with Crippen molar-refractivity contribution < 1.29 is 4.79 Å². The van der Waals surface area contributed by atoms with E-state index < -0.39 is 0 Å². The van der Waals surface area contributed by atoms with Gasteiger partial charge in [-0.25, -0.2) is 0 Å². The van der Waals surface area contributed by atoms with E-state index in [0.29, 0.717) is 6.54 Å². The molecule has 1 unspecified atom stereocenters. The van der Waals surface area contributed by atoms with Gasteiger partial charge >= 0.3 is 0 Å². The molecule has 3 heteroatoms. The zero-order valence-electron chi connectivity index (χ0n) is 8.47. The van der Waals surface area contributed by atoms with Crippen molar-refractivity contribution >= 4 is 21.4 Å². The van der Waals surface area contributed by atoms with Crippen LogP contribution in [0.15, 0.2) is 49.1 Å². The molecule has 1 rings (SSSR count). The van der Waals surface area contributed by atoms with Gasteiger partial charge in [0.05, 0.1) is 0 Å². The summed E-state index contributed by atoms with van der Waals surface area (Å²) in [7, 11) is 2.37. The lowest BCUT2D eigenvalue weighted by atomic mass is 10.2. The van der Waals surface area contributed by atoms with E-state index in [-0.39, 0.29) is 5.91 Å². The average molecular weight is 219 g/mol. The zero-order chi connectivity index (χ0) is 11.1. The van der Waals surface area contributed by atoms with Crippen molar-refractivity contribution in [2.24, 2.45) is 0 Å². The monoisotopic (exact) mass is 219 g/mol. The SMILES string of the molecule is C=CCN(P)C(=O)C=Cc1ccccc1. The molecule has 2 nitrogen and oxygen atoms in total. The second-order valence-corrected chi connectivity index (χ2v) is 3.65. The Kier molecular flexibility index (Phi) is 4.79. The van der Waals surface area contributed by atoms with Gasteiger partial charge in [0.25, 0.3) is 0 Å². The molecule has 0 N–H and O–H groups in total. The first kappa shape index (κ1) is 11.7. The molecule has 0 aromatic heterocycles. The largest absolute Gasteiger partial charge is 0.320 e. The van der Waals surface area contributed by atoms with E-state index >= 15 is 0 Å². The molecule has 1 atom stereocenters. The number of carbonyl (C=O) groups excluding carboxylic acids is 1. The van der Waals surface area contributed by atoms with Gasteiger partial charge in [-0.1, -0.05) is 36.4 Å². The normalized spacial score (nSPS) is 10.2. The minimum atomic E-state index is -0.0521. The Bertz CT molecular complexity index is 359. The lowest BCUT2D eigenvalue weighted by molar-refractivity contribution is -0.120. The third-order valence-electron chi connectivity index (χ3n) is 1.83. The van der Waals surface area contributed by atoms with Crippen LogP contribution in [0.4, 0.5) is 0 Å². The molecule has 1 amide bonds. The van der Waals surface area contributed by atoms with Gasteiger partial charge in [0, 0.05) is 12.6 Å². The van der Waals surface area contributed by atoms with Crippen molar-refractivity contribution in [3.05, 3.63) is 54.6 Å². The highest BCUT2D eigenvalue weighted by Gasteiger charge is 2.00. The molecule has 78 valence electrons. The summed E-state index contributed by atoms with van der Waals surface area (Å²) in [5.41, 5.74) is 1.02. The predicted molar refractivity (Wildman–Crippen MR) is 67.1 cm³/mol. The van der Waals surface area contributed by atoms with Crippen LogP contribution in [0.2, 0.25) is 0 Å². The number of hydrogen-bond donors (Lipinski definition) is 0. The van der Waals surface area contributed by atoms with Gasteiger partial charge in [-0.2, -0.15) is 0 Å². The van der Waals surface area contributed by atoms with E-state index in [1.165, 1.54) is 4.67 Å². The van der Waals surface area contributed by atoms with Gasteiger partial charge in [0.2, 0.25) is 5.91 Å². The smallest absolute Gasteiger partial charge is 0.249 e. The Morgan fingerprint density at radius 1 is 1.40 bits per heavy atom. The van der Waals surface area contributed by atoms with Crippen LogP contribution < -0.4 is 0 Å². The highest BCUT2D eigenvalue weighted by atomic mass is 31.0. The molecule has 15 heavy (non-hydrogen) atoms. The van der Waals surface area contributed by atoms with Crippen LogP contribution in [0, 0.1) is 0 Å². The molecule has 0 radical (unpaired) electrons. The highest BCUT2D eigenvalue weighted by molar-refractivity contribution is 7.14. The third kappa shape index (κ3) is 4.09. The first-order valence-electron chi connectivity index (χ1n) is 4.64. The fourth-order valence-electron chi connectivity index (χ4n) is 1.06. The summed E-state index contributed by atoms with van der Waals surface area (Å²) in [6, 6.07) is 9.71. The van der Waals surface area contributed by atoms with Crippen molar-refractivity contribution in [3.8, 4) is 0 Å². The number of amides is 1. The second kappa shape index (κ2) is 6.15. The summed E-state index contributed by atoms with van der Waals surface area (Å²) in [5, 5.41) is 0. The van der Waals surface area contributed by atoms with Crippen molar-refractivity contribution in [2.75, 3.05) is 6.54 Å². The van der Waals surface area contributed by atoms with Crippen LogP contribution in [0.5, 0.6) is 0 Å². The number of carbonyl (C=O) groups is 1. The minimum Gasteiger partial charge on any atom is -0.320 e. The van der Waals surface area contributed by atoms with Gasteiger partial charge in [0.15, 0.2) is 0 Å². The summed E-state index contributed by atoms with van der Waals surface area (Å²) in [5.74, 6) is -0.0521. The van der Waals surface area contributed by atoms with Crippen LogP contribution >= 0.6 is 9.39 Å². The Morgan fingerprint density at radius 3 is 2.67 bits per heavy atom. The van der Waals surface area contributed by atoms with Crippen molar-refractivity contribution in [1.29, 1.82) is 0 Å². The number of benzene rings is 1. The Labute approximate surface area is 92.5 Å². The van der Waals surface area contributed by atoms with E-state index in [2.05, 4.69) is 16.0 Å². The molecule has 0 heterocycles. The molecule has 0 saturated carbocycles. The van der Waals surface area contributed by atoms with Crippen molar-refractivity contribution in [1.82, 2.24) is 4.67 Å². The second-order valence-electron chi connectivity index (χ2n) is 3.02. The van der Waals surface area contributed by atoms with Gasteiger partial charge in [-0.15, -0.1) is 6.58 Å². The molecule has 0 spiro atoms. The predicted octanol–water partition coefficient (Wildman–Crippen LogP) is 2.50. The number of nitrogens with zero attached hydrogens (tertiary/aromatic N) is 1. The molecule has 0 aliphatic rings. The maximum absolute atomic E-state index is 11.5. The summed E-state index contributed by atoms with van der Waals surface area (Å²) in [6.45, 7) is 4.10. The Morgan fingerprint density at radius 2 is 2.07 bits per heavy atom. The summed E-state index contributed by atoms with van der Waals surface area (Å²) < 4.78 is 1.52. The minimum absolute atomic E-state index is 0.0521. The van der Waals surface area contributed by atoms with E-state index in [0.717, 1.165) is 5.56 Å². The molecule has 0 bridgehead atoms. The molecule has 1 aromatic rings. The maximum atomic E-state index is 11.5. The quantitative estimate of drug-likeness (QED) is 0.433. The number of hydrogen-bond acceptors (Lipinski definition) is 1. The highest BCUT2D eigenvalue weighted by Crippen LogP contribution is 2.04. The molecular weight excluding hydrogens is 205 g/mol. The lowest BCUT2D eigenvalue weighted by Crippen LogP contribution is -2.17. The summed E-state index contributed by atoms with van der Waals surface area (Å²) in [6.07, 6.45) is 5.02. The first-order chi connectivity index (χ1) is 7.24. The van der Waals surface area contributed by atoms with Crippen LogP contribution in [-0.4, -0.2) is 17.1 Å². The van der Waals surface area contributed by atoms with E-state index in [1.54, 1.807) is 18.2 Å². The first-order valence-corrected chi connectivity index (χ1v) is 5.16. The number of rotatable bonds is 4. The van der Waals surface area contributed by atoms with E-state index in [9.17, 15) is 4.79 Å². The van der Waals surface area contributed by atoms with Crippen molar-refractivity contribution in [3.63, 3.8) is 0 Å². The zero-order valence-corrected chi connectivity index (χ0v) is 9.62. The molecule has 1 aromatic carbocycles. The standard InChI is InChI=1S/C12H14NOP/c1-2-10-13(15)12(14)9-8-11-6-4-3-5-7-11/h2-9H,1,10,15H2. The van der Waals surface area contributed by atoms with Crippen LogP contribution in [-0.2, 0) is 4.79 Å². The van der Waals surface area contributed by atoms with Gasteiger partial charge in [-0.05, 0) is 21.0 Å². The molecule has 0 fully saturated rings. The van der Waals surface area contributed by atoms with Crippen LogP contribution in [0.1, 0.15) is 5.56 Å². The summed E-state index contributed by atoms with van der Waals surface area (Å²) in [4.78, 5) is 11.5. The van der Waals surface area contributed by atoms with Gasteiger partial charge in [-0.3, -0.25) is 4.79 Å². The average Bonchev–Trinajstić information content (AvgIpc) is 2.27. The Hall–Kier alpha value is -1.40. The Balaban J connectivity index is 2.58. The van der Waals surface area contributed by atoms with Crippen molar-refractivity contribution in [2.45, 2.75) is 0 Å². The van der Waals surface area contributed by atoms with Crippen LogP contribution in [0.3, 0.4) is 0 Å². The third-order valence-corrected chi connectivity index (χ3v) is 2.29. The fourth-order valence-corrected chi connectivity index (χ4v) is 1.29. The molecule has 0 aliphatic heterocycles. The van der Waals surface area contributed by atoms with E-state index in [1.807, 2.05) is 30.3 Å². The fraction of sp³-hybridized carbons (Fsp3) is 0.0833.